The standard InChI is InChI=1S/C12H13BrN4O2/c13-9-3-1-2-8(4-9)6-17-7-10(15-16-17)5-11(14)12(18)19/h1-4,7,11H,5-6,14H2,(H,18,19). The van der Waals surface area contributed by atoms with Crippen molar-refractivity contribution in [1.82, 2.24) is 15.0 Å². The molecule has 19 heavy (non-hydrogen) atoms. The van der Waals surface area contributed by atoms with Crippen molar-refractivity contribution < 1.29 is 9.90 Å². The van der Waals surface area contributed by atoms with Gasteiger partial charge in [-0.3, -0.25) is 4.79 Å². The Morgan fingerprint density at radius 3 is 3.00 bits per heavy atom. The maximum atomic E-state index is 10.7. The molecule has 0 radical (unpaired) electrons. The lowest BCUT2D eigenvalue weighted by atomic mass is 10.2. The Labute approximate surface area is 118 Å². The third kappa shape index (κ3) is 3.87. The second-order valence-corrected chi connectivity index (χ2v) is 5.10. The van der Waals surface area contributed by atoms with Crippen LogP contribution in [0.15, 0.2) is 34.9 Å². The summed E-state index contributed by atoms with van der Waals surface area (Å²) in [7, 11) is 0. The molecule has 3 N–H and O–H groups in total. The molecule has 1 unspecified atom stereocenters. The van der Waals surface area contributed by atoms with Crippen molar-refractivity contribution in [2.75, 3.05) is 0 Å². The van der Waals surface area contributed by atoms with Crippen molar-refractivity contribution in [3.63, 3.8) is 0 Å². The van der Waals surface area contributed by atoms with Gasteiger partial charge in [0.2, 0.25) is 0 Å². The van der Waals surface area contributed by atoms with Gasteiger partial charge in [0.05, 0.1) is 12.2 Å². The van der Waals surface area contributed by atoms with Crippen LogP contribution in [0.25, 0.3) is 0 Å². The summed E-state index contributed by atoms with van der Waals surface area (Å²) in [6.45, 7) is 0.578. The smallest absolute Gasteiger partial charge is 0.320 e. The Hall–Kier alpha value is -1.73. The maximum absolute atomic E-state index is 10.7. The zero-order valence-electron chi connectivity index (χ0n) is 10.0. The number of carboxylic acids is 1. The molecule has 0 saturated carbocycles. The summed E-state index contributed by atoms with van der Waals surface area (Å²) in [5.74, 6) is -1.04. The van der Waals surface area contributed by atoms with E-state index in [1.165, 1.54) is 0 Å². The van der Waals surface area contributed by atoms with Gasteiger partial charge in [0.1, 0.15) is 6.04 Å². The van der Waals surface area contributed by atoms with Gasteiger partial charge in [0, 0.05) is 17.1 Å². The molecule has 0 amide bonds. The molecule has 2 rings (SSSR count). The quantitative estimate of drug-likeness (QED) is 0.857. The van der Waals surface area contributed by atoms with Crippen LogP contribution in [0.4, 0.5) is 0 Å². The first kappa shape index (κ1) is 13.7. The van der Waals surface area contributed by atoms with Crippen molar-refractivity contribution in [2.45, 2.75) is 19.0 Å². The number of nitrogens with zero attached hydrogens (tertiary/aromatic N) is 3. The van der Waals surface area contributed by atoms with Crippen LogP contribution in [0.2, 0.25) is 0 Å². The highest BCUT2D eigenvalue weighted by molar-refractivity contribution is 9.10. The monoisotopic (exact) mass is 324 g/mol. The summed E-state index contributed by atoms with van der Waals surface area (Å²) in [6.07, 6.45) is 1.89. The zero-order chi connectivity index (χ0) is 13.8. The van der Waals surface area contributed by atoms with E-state index >= 15 is 0 Å². The van der Waals surface area contributed by atoms with Crippen LogP contribution in [-0.4, -0.2) is 32.1 Å². The Bertz CT molecular complexity index is 585. The molecule has 2 aromatic rings. The summed E-state index contributed by atoms with van der Waals surface area (Å²) < 4.78 is 2.66. The van der Waals surface area contributed by atoms with E-state index in [4.69, 9.17) is 10.8 Å². The third-order valence-electron chi connectivity index (χ3n) is 2.57. The summed E-state index contributed by atoms with van der Waals surface area (Å²) in [4.78, 5) is 10.7. The lowest BCUT2D eigenvalue weighted by Crippen LogP contribution is -2.32. The number of carbonyl (C=O) groups is 1. The van der Waals surface area contributed by atoms with E-state index in [2.05, 4.69) is 26.2 Å². The number of aromatic nitrogens is 3. The molecule has 0 saturated heterocycles. The van der Waals surface area contributed by atoms with Gasteiger partial charge in [-0.2, -0.15) is 0 Å². The fourth-order valence-corrected chi connectivity index (χ4v) is 2.09. The second-order valence-electron chi connectivity index (χ2n) is 4.19. The number of halogens is 1. The fourth-order valence-electron chi connectivity index (χ4n) is 1.64. The highest BCUT2D eigenvalue weighted by Gasteiger charge is 2.14. The van der Waals surface area contributed by atoms with E-state index in [1.807, 2.05) is 24.3 Å². The predicted molar refractivity (Wildman–Crippen MR) is 72.6 cm³/mol. The molecule has 6 nitrogen and oxygen atoms in total. The first-order valence-electron chi connectivity index (χ1n) is 5.66. The molecule has 1 atom stereocenters. The number of nitrogens with two attached hydrogens (primary N) is 1. The molecule has 1 aromatic heterocycles. The fraction of sp³-hybridized carbons (Fsp3) is 0.250. The highest BCUT2D eigenvalue weighted by atomic mass is 79.9. The minimum absolute atomic E-state index is 0.174. The van der Waals surface area contributed by atoms with Gasteiger partial charge >= 0.3 is 5.97 Å². The van der Waals surface area contributed by atoms with Crippen molar-refractivity contribution in [3.8, 4) is 0 Å². The molecular weight excluding hydrogens is 312 g/mol. The van der Waals surface area contributed by atoms with Crippen LogP contribution >= 0.6 is 15.9 Å². The topological polar surface area (TPSA) is 94.0 Å². The molecule has 0 fully saturated rings. The number of hydrogen-bond donors (Lipinski definition) is 2. The van der Waals surface area contributed by atoms with Gasteiger partial charge in [-0.25, -0.2) is 4.68 Å². The SMILES string of the molecule is NC(Cc1cn(Cc2cccc(Br)c2)nn1)C(=O)O. The van der Waals surface area contributed by atoms with Crippen LogP contribution in [0.5, 0.6) is 0 Å². The van der Waals surface area contributed by atoms with Crippen molar-refractivity contribution in [3.05, 3.63) is 46.2 Å². The molecule has 0 aliphatic carbocycles. The molecule has 0 aliphatic heterocycles. The van der Waals surface area contributed by atoms with Gasteiger partial charge in [-0.15, -0.1) is 5.10 Å². The number of carboxylic acid groups (broad SMARTS) is 1. The Kier molecular flexibility index (Phi) is 4.28. The van der Waals surface area contributed by atoms with Crippen LogP contribution in [0.3, 0.4) is 0 Å². The van der Waals surface area contributed by atoms with Gasteiger partial charge in [0.25, 0.3) is 0 Å². The van der Waals surface area contributed by atoms with Crippen molar-refractivity contribution >= 4 is 21.9 Å². The first-order chi connectivity index (χ1) is 9.04. The van der Waals surface area contributed by atoms with Crippen LogP contribution < -0.4 is 5.73 Å². The summed E-state index contributed by atoms with van der Waals surface area (Å²) in [6, 6.07) is 6.91. The molecule has 1 aromatic carbocycles. The van der Waals surface area contributed by atoms with Crippen LogP contribution in [0, 0.1) is 0 Å². The largest absolute Gasteiger partial charge is 0.480 e. The third-order valence-corrected chi connectivity index (χ3v) is 3.06. The minimum atomic E-state index is -1.04. The second kappa shape index (κ2) is 5.94. The molecule has 100 valence electrons. The average Bonchev–Trinajstić information content (AvgIpc) is 2.76. The van der Waals surface area contributed by atoms with Crippen LogP contribution in [0.1, 0.15) is 11.3 Å². The summed E-state index contributed by atoms with van der Waals surface area (Å²) in [5.41, 5.74) is 7.10. The number of rotatable bonds is 5. The predicted octanol–water partition coefficient (Wildman–Crippen LogP) is 1.04. The Morgan fingerprint density at radius 2 is 2.32 bits per heavy atom. The van der Waals surface area contributed by atoms with Crippen molar-refractivity contribution in [2.24, 2.45) is 5.73 Å². The Balaban J connectivity index is 2.03. The molecule has 0 bridgehead atoms. The average molecular weight is 325 g/mol. The van der Waals surface area contributed by atoms with Crippen LogP contribution in [-0.2, 0) is 17.8 Å². The molecular formula is C12H13BrN4O2. The van der Waals surface area contributed by atoms with Gasteiger partial charge in [0.15, 0.2) is 0 Å². The number of aliphatic carboxylic acids is 1. The lowest BCUT2D eigenvalue weighted by molar-refractivity contribution is -0.138. The first-order valence-corrected chi connectivity index (χ1v) is 6.46. The van der Waals surface area contributed by atoms with Gasteiger partial charge in [-0.05, 0) is 17.7 Å². The van der Waals surface area contributed by atoms with Gasteiger partial charge < -0.3 is 10.8 Å². The lowest BCUT2D eigenvalue weighted by Gasteiger charge is -2.02. The van der Waals surface area contributed by atoms with E-state index < -0.39 is 12.0 Å². The van der Waals surface area contributed by atoms with E-state index in [-0.39, 0.29) is 6.42 Å². The number of benzene rings is 1. The normalized spacial score (nSPS) is 12.3. The molecule has 7 heteroatoms. The van der Waals surface area contributed by atoms with Crippen molar-refractivity contribution in [1.29, 1.82) is 0 Å². The molecule has 0 aliphatic rings. The molecule has 1 heterocycles. The number of hydrogen-bond acceptors (Lipinski definition) is 4. The van der Waals surface area contributed by atoms with E-state index in [0.29, 0.717) is 12.2 Å². The highest BCUT2D eigenvalue weighted by Crippen LogP contribution is 2.12. The minimum Gasteiger partial charge on any atom is -0.480 e. The summed E-state index contributed by atoms with van der Waals surface area (Å²) >= 11 is 3.40. The maximum Gasteiger partial charge on any atom is 0.320 e. The zero-order valence-corrected chi connectivity index (χ0v) is 11.6. The van der Waals surface area contributed by atoms with E-state index in [9.17, 15) is 4.79 Å². The van der Waals surface area contributed by atoms with E-state index in [0.717, 1.165) is 10.0 Å². The molecule has 0 spiro atoms. The summed E-state index contributed by atoms with van der Waals surface area (Å²) in [5, 5.41) is 16.6. The van der Waals surface area contributed by atoms with Gasteiger partial charge in [-0.1, -0.05) is 33.3 Å². The Morgan fingerprint density at radius 1 is 1.53 bits per heavy atom. The van der Waals surface area contributed by atoms with E-state index in [1.54, 1.807) is 10.9 Å².